The predicted molar refractivity (Wildman–Crippen MR) is 110 cm³/mol. The first kappa shape index (κ1) is 20.4. The molecule has 2 aromatic carbocycles. The molecule has 0 aromatic heterocycles. The van der Waals surface area contributed by atoms with Crippen molar-refractivity contribution in [1.82, 2.24) is 0 Å². The summed E-state index contributed by atoms with van der Waals surface area (Å²) < 4.78 is 15.6. The number of carbonyl (C=O) groups is 4. The Hall–Kier alpha value is -3.88. The van der Waals surface area contributed by atoms with Crippen LogP contribution in [0, 0.1) is 0 Å². The smallest absolute Gasteiger partial charge is 0.338 e. The number of ketones is 1. The van der Waals surface area contributed by atoms with E-state index < -0.39 is 18.5 Å². The molecule has 0 aliphatic carbocycles. The third kappa shape index (κ3) is 4.35. The highest BCUT2D eigenvalue weighted by Gasteiger charge is 2.23. The van der Waals surface area contributed by atoms with Crippen molar-refractivity contribution in [3.8, 4) is 11.5 Å². The highest BCUT2D eigenvalue weighted by atomic mass is 16.7. The van der Waals surface area contributed by atoms with Gasteiger partial charge < -0.3 is 24.4 Å². The third-order valence-corrected chi connectivity index (χ3v) is 4.97. The number of benzene rings is 2. The van der Waals surface area contributed by atoms with Gasteiger partial charge in [-0.15, -0.1) is 0 Å². The lowest BCUT2D eigenvalue weighted by atomic mass is 10.1. The molecule has 0 spiro atoms. The van der Waals surface area contributed by atoms with Gasteiger partial charge in [-0.1, -0.05) is 6.07 Å². The van der Waals surface area contributed by atoms with E-state index >= 15 is 0 Å². The summed E-state index contributed by atoms with van der Waals surface area (Å²) in [5.74, 6) is -0.730. The van der Waals surface area contributed by atoms with Crippen LogP contribution in [0.2, 0.25) is 0 Å². The average Bonchev–Trinajstić information content (AvgIpc) is 3.39. The molecule has 1 N–H and O–H groups in total. The maximum absolute atomic E-state index is 12.4. The summed E-state index contributed by atoms with van der Waals surface area (Å²) in [5, 5.41) is 2.56. The van der Waals surface area contributed by atoms with Crippen molar-refractivity contribution in [2.45, 2.75) is 19.8 Å². The fourth-order valence-electron chi connectivity index (χ4n) is 3.46. The minimum Gasteiger partial charge on any atom is -0.454 e. The van der Waals surface area contributed by atoms with Crippen LogP contribution in [0.15, 0.2) is 36.4 Å². The molecule has 9 nitrogen and oxygen atoms in total. The summed E-state index contributed by atoms with van der Waals surface area (Å²) in [6.45, 7) is 1.46. The molecule has 2 aromatic rings. The molecule has 4 rings (SSSR count). The summed E-state index contributed by atoms with van der Waals surface area (Å²) in [7, 11) is 0. The molecule has 2 aliphatic heterocycles. The topological polar surface area (TPSA) is 111 Å². The monoisotopic (exact) mass is 424 g/mol. The maximum atomic E-state index is 12.4. The molecule has 0 radical (unpaired) electrons. The Morgan fingerprint density at radius 2 is 1.90 bits per heavy atom. The number of rotatable bonds is 6. The van der Waals surface area contributed by atoms with Gasteiger partial charge in [0.2, 0.25) is 12.7 Å². The summed E-state index contributed by atoms with van der Waals surface area (Å²) in [6.07, 6.45) is 1.26. The number of Topliss-reactive ketones (excluding diaryl/α,β-unsaturated/α-hetero) is 1. The molecule has 9 heteroatoms. The second-order valence-electron chi connectivity index (χ2n) is 7.13. The second-order valence-corrected chi connectivity index (χ2v) is 7.13. The number of fused-ring (bicyclic) bond motifs is 1. The zero-order valence-electron chi connectivity index (χ0n) is 16.8. The summed E-state index contributed by atoms with van der Waals surface area (Å²) in [5.41, 5.74) is 1.35. The second kappa shape index (κ2) is 8.47. The van der Waals surface area contributed by atoms with Crippen LogP contribution in [0.25, 0.3) is 0 Å². The van der Waals surface area contributed by atoms with E-state index in [-0.39, 0.29) is 35.3 Å². The molecule has 1 fully saturated rings. The van der Waals surface area contributed by atoms with E-state index in [1.54, 1.807) is 29.2 Å². The SMILES string of the molecule is CC(=O)c1cc2c(cc1NC(=O)COC(=O)c1cccc(N3CCCC3=O)c1)OCO2. The van der Waals surface area contributed by atoms with Crippen molar-refractivity contribution >= 4 is 34.9 Å². The van der Waals surface area contributed by atoms with Gasteiger partial charge in [-0.3, -0.25) is 14.4 Å². The number of anilines is 2. The third-order valence-electron chi connectivity index (χ3n) is 4.97. The molecule has 0 saturated carbocycles. The van der Waals surface area contributed by atoms with Crippen LogP contribution in [0.5, 0.6) is 11.5 Å². The fraction of sp³-hybridized carbons (Fsp3) is 0.273. The Kier molecular flexibility index (Phi) is 5.57. The summed E-state index contributed by atoms with van der Waals surface area (Å²) in [6, 6.07) is 9.51. The largest absolute Gasteiger partial charge is 0.454 e. The predicted octanol–water partition coefficient (Wildman–Crippen LogP) is 2.54. The molecule has 1 saturated heterocycles. The van der Waals surface area contributed by atoms with Crippen molar-refractivity contribution in [3.05, 3.63) is 47.5 Å². The van der Waals surface area contributed by atoms with Crippen LogP contribution < -0.4 is 19.7 Å². The van der Waals surface area contributed by atoms with Crippen molar-refractivity contribution in [1.29, 1.82) is 0 Å². The van der Waals surface area contributed by atoms with Crippen molar-refractivity contribution < 1.29 is 33.4 Å². The number of hydrogen-bond donors (Lipinski definition) is 1. The van der Waals surface area contributed by atoms with Crippen molar-refractivity contribution in [3.63, 3.8) is 0 Å². The van der Waals surface area contributed by atoms with Crippen LogP contribution in [0.1, 0.15) is 40.5 Å². The summed E-state index contributed by atoms with van der Waals surface area (Å²) >= 11 is 0. The summed E-state index contributed by atoms with van der Waals surface area (Å²) in [4.78, 5) is 50.1. The first-order valence-corrected chi connectivity index (χ1v) is 9.74. The maximum Gasteiger partial charge on any atom is 0.338 e. The van der Waals surface area contributed by atoms with Gasteiger partial charge in [-0.25, -0.2) is 4.79 Å². The number of amides is 2. The Balaban J connectivity index is 1.40. The quantitative estimate of drug-likeness (QED) is 0.560. The molecule has 2 heterocycles. The van der Waals surface area contributed by atoms with Gasteiger partial charge in [-0.2, -0.15) is 0 Å². The van der Waals surface area contributed by atoms with E-state index in [9.17, 15) is 19.2 Å². The van der Waals surface area contributed by atoms with E-state index in [0.717, 1.165) is 6.42 Å². The van der Waals surface area contributed by atoms with E-state index in [1.807, 2.05) is 0 Å². The van der Waals surface area contributed by atoms with E-state index in [1.165, 1.54) is 19.1 Å². The van der Waals surface area contributed by atoms with Gasteiger partial charge in [0, 0.05) is 30.3 Å². The lowest BCUT2D eigenvalue weighted by Gasteiger charge is -2.16. The minimum absolute atomic E-state index is 0.00916. The lowest BCUT2D eigenvalue weighted by Crippen LogP contribution is -2.24. The van der Waals surface area contributed by atoms with E-state index in [0.29, 0.717) is 30.2 Å². The molecule has 0 atom stereocenters. The van der Waals surface area contributed by atoms with Gasteiger partial charge in [-0.05, 0) is 37.6 Å². The molecule has 2 amide bonds. The van der Waals surface area contributed by atoms with Gasteiger partial charge in [0.15, 0.2) is 23.9 Å². The standard InChI is InChI=1S/C22H20N2O7/c1-13(25)16-9-18-19(31-12-30-18)10-17(16)23-20(26)11-29-22(28)14-4-2-5-15(8-14)24-7-3-6-21(24)27/h2,4-5,8-10H,3,6-7,11-12H2,1H3,(H,23,26). The minimum atomic E-state index is -0.693. The highest BCUT2D eigenvalue weighted by molar-refractivity contribution is 6.05. The van der Waals surface area contributed by atoms with Gasteiger partial charge in [0.05, 0.1) is 11.3 Å². The van der Waals surface area contributed by atoms with E-state index in [2.05, 4.69) is 5.32 Å². The number of esters is 1. The highest BCUT2D eigenvalue weighted by Crippen LogP contribution is 2.37. The van der Waals surface area contributed by atoms with Crippen LogP contribution in [-0.4, -0.2) is 43.5 Å². The fourth-order valence-corrected chi connectivity index (χ4v) is 3.46. The van der Waals surface area contributed by atoms with Crippen molar-refractivity contribution in [2.24, 2.45) is 0 Å². The number of nitrogens with one attached hydrogen (secondary N) is 1. The Morgan fingerprint density at radius 1 is 1.13 bits per heavy atom. The first-order chi connectivity index (χ1) is 14.9. The number of nitrogens with zero attached hydrogens (tertiary/aromatic N) is 1. The van der Waals surface area contributed by atoms with Crippen LogP contribution >= 0.6 is 0 Å². The molecular formula is C22H20N2O7. The Bertz CT molecular complexity index is 1080. The van der Waals surface area contributed by atoms with Gasteiger partial charge in [0.25, 0.3) is 5.91 Å². The zero-order valence-corrected chi connectivity index (χ0v) is 16.8. The van der Waals surface area contributed by atoms with E-state index in [4.69, 9.17) is 14.2 Å². The zero-order chi connectivity index (χ0) is 22.0. The lowest BCUT2D eigenvalue weighted by molar-refractivity contribution is -0.119. The van der Waals surface area contributed by atoms with Crippen molar-refractivity contribution in [2.75, 3.05) is 30.2 Å². The number of hydrogen-bond acceptors (Lipinski definition) is 7. The van der Waals surface area contributed by atoms with Crippen LogP contribution in [0.4, 0.5) is 11.4 Å². The molecule has 31 heavy (non-hydrogen) atoms. The van der Waals surface area contributed by atoms with Gasteiger partial charge >= 0.3 is 5.97 Å². The molecule has 0 unspecified atom stereocenters. The molecule has 160 valence electrons. The molecule has 0 bridgehead atoms. The molecular weight excluding hydrogens is 404 g/mol. The normalized spacial score (nSPS) is 14.5. The van der Waals surface area contributed by atoms with Crippen LogP contribution in [0.3, 0.4) is 0 Å². The Labute approximate surface area is 177 Å². The van der Waals surface area contributed by atoms with Crippen LogP contribution in [-0.2, 0) is 14.3 Å². The number of ether oxygens (including phenoxy) is 3. The average molecular weight is 424 g/mol. The molecule has 2 aliphatic rings. The van der Waals surface area contributed by atoms with Gasteiger partial charge in [0.1, 0.15) is 0 Å². The Morgan fingerprint density at radius 3 is 2.61 bits per heavy atom. The number of carbonyl (C=O) groups excluding carboxylic acids is 4. The first-order valence-electron chi connectivity index (χ1n) is 9.74.